The molecule has 0 fully saturated rings. The molecule has 0 bridgehead atoms. The monoisotopic (exact) mass is 241 g/mol. The molecule has 1 aromatic heterocycles. The van der Waals surface area contributed by atoms with Crippen LogP contribution in [0.5, 0.6) is 0 Å². The molecule has 1 heterocycles. The van der Waals surface area contributed by atoms with E-state index in [4.69, 9.17) is 5.73 Å². The third kappa shape index (κ3) is 2.73. The van der Waals surface area contributed by atoms with E-state index in [1.54, 1.807) is 18.3 Å². The van der Waals surface area contributed by atoms with Crippen molar-refractivity contribution in [3.05, 3.63) is 59.9 Å². The quantitative estimate of drug-likeness (QED) is 0.864. The first-order valence-corrected chi connectivity index (χ1v) is 5.71. The van der Waals surface area contributed by atoms with Crippen molar-refractivity contribution in [3.8, 4) is 0 Å². The number of aromatic nitrogens is 1. The van der Waals surface area contributed by atoms with Crippen molar-refractivity contribution in [2.45, 2.75) is 13.0 Å². The van der Waals surface area contributed by atoms with E-state index in [0.29, 0.717) is 5.69 Å². The van der Waals surface area contributed by atoms with Gasteiger partial charge in [0.1, 0.15) is 6.04 Å². The number of hydrogen-bond acceptors (Lipinski definition) is 3. The highest BCUT2D eigenvalue weighted by Gasteiger charge is 2.16. The van der Waals surface area contributed by atoms with E-state index in [9.17, 15) is 4.79 Å². The fraction of sp³-hybridized carbons (Fsp3) is 0.143. The van der Waals surface area contributed by atoms with Crippen LogP contribution in [0, 0.1) is 6.92 Å². The number of benzene rings is 1. The second-order valence-corrected chi connectivity index (χ2v) is 4.01. The summed E-state index contributed by atoms with van der Waals surface area (Å²) in [6.07, 6.45) is 1.68. The summed E-state index contributed by atoms with van der Waals surface area (Å²) in [4.78, 5) is 16.1. The molecule has 4 nitrogen and oxygen atoms in total. The van der Waals surface area contributed by atoms with Gasteiger partial charge in [-0.3, -0.25) is 9.78 Å². The fourth-order valence-corrected chi connectivity index (χ4v) is 1.64. The zero-order valence-corrected chi connectivity index (χ0v) is 10.1. The minimum absolute atomic E-state index is 0.239. The Kier molecular flexibility index (Phi) is 3.69. The van der Waals surface area contributed by atoms with Gasteiger partial charge in [0.15, 0.2) is 0 Å². The average molecular weight is 241 g/mol. The molecule has 1 aromatic carbocycles. The molecule has 4 heteroatoms. The van der Waals surface area contributed by atoms with E-state index in [0.717, 1.165) is 11.3 Å². The molecule has 0 aliphatic carbocycles. The molecule has 0 saturated carbocycles. The van der Waals surface area contributed by atoms with Crippen LogP contribution in [0.2, 0.25) is 0 Å². The molecule has 1 amide bonds. The van der Waals surface area contributed by atoms with Gasteiger partial charge in [0.2, 0.25) is 5.91 Å². The van der Waals surface area contributed by atoms with E-state index < -0.39 is 6.04 Å². The van der Waals surface area contributed by atoms with E-state index in [1.165, 1.54) is 0 Å². The molecule has 92 valence electrons. The Morgan fingerprint density at radius 2 is 1.94 bits per heavy atom. The van der Waals surface area contributed by atoms with Gasteiger partial charge < -0.3 is 11.1 Å². The van der Waals surface area contributed by atoms with Crippen molar-refractivity contribution >= 4 is 11.6 Å². The van der Waals surface area contributed by atoms with Gasteiger partial charge in [-0.05, 0) is 24.6 Å². The van der Waals surface area contributed by atoms with E-state index in [1.807, 2.05) is 37.3 Å². The Balaban J connectivity index is 2.12. The van der Waals surface area contributed by atoms with Crippen LogP contribution in [0.1, 0.15) is 17.3 Å². The summed E-state index contributed by atoms with van der Waals surface area (Å²) < 4.78 is 0. The van der Waals surface area contributed by atoms with Crippen molar-refractivity contribution in [1.82, 2.24) is 4.98 Å². The van der Waals surface area contributed by atoms with Crippen LogP contribution >= 0.6 is 0 Å². The van der Waals surface area contributed by atoms with Gasteiger partial charge in [-0.1, -0.05) is 30.3 Å². The summed E-state index contributed by atoms with van der Waals surface area (Å²) in [6.45, 7) is 1.84. The molecule has 1 atom stereocenters. The minimum Gasteiger partial charge on any atom is -0.323 e. The number of pyridine rings is 1. The molecule has 18 heavy (non-hydrogen) atoms. The molecular weight excluding hydrogens is 226 g/mol. The number of carbonyl (C=O) groups is 1. The first-order valence-electron chi connectivity index (χ1n) is 5.71. The van der Waals surface area contributed by atoms with Gasteiger partial charge >= 0.3 is 0 Å². The Morgan fingerprint density at radius 3 is 2.61 bits per heavy atom. The Morgan fingerprint density at radius 1 is 1.22 bits per heavy atom. The fourth-order valence-electron chi connectivity index (χ4n) is 1.64. The first kappa shape index (κ1) is 12.3. The molecule has 2 aromatic rings. The topological polar surface area (TPSA) is 68.0 Å². The number of nitrogens with one attached hydrogen (secondary N) is 1. The van der Waals surface area contributed by atoms with Gasteiger partial charge in [-0.25, -0.2) is 0 Å². The molecule has 0 unspecified atom stereocenters. The summed E-state index contributed by atoms with van der Waals surface area (Å²) in [5.74, 6) is -0.239. The van der Waals surface area contributed by atoms with Crippen LogP contribution < -0.4 is 11.1 Å². The Hall–Kier alpha value is -2.20. The summed E-state index contributed by atoms with van der Waals surface area (Å²) >= 11 is 0. The van der Waals surface area contributed by atoms with Crippen molar-refractivity contribution in [3.63, 3.8) is 0 Å². The van der Waals surface area contributed by atoms with Crippen molar-refractivity contribution in [2.75, 3.05) is 5.32 Å². The minimum atomic E-state index is -0.675. The number of anilines is 1. The van der Waals surface area contributed by atoms with Crippen LogP contribution in [-0.4, -0.2) is 10.9 Å². The molecule has 0 saturated heterocycles. The predicted octanol–water partition coefficient (Wildman–Crippen LogP) is 2.03. The normalized spacial score (nSPS) is 11.9. The van der Waals surface area contributed by atoms with Crippen LogP contribution in [-0.2, 0) is 4.79 Å². The van der Waals surface area contributed by atoms with Crippen LogP contribution in [0.3, 0.4) is 0 Å². The molecule has 0 aliphatic rings. The van der Waals surface area contributed by atoms with Crippen molar-refractivity contribution < 1.29 is 4.79 Å². The smallest absolute Gasteiger partial charge is 0.245 e. The summed E-state index contributed by atoms with van der Waals surface area (Å²) in [7, 11) is 0. The molecule has 0 radical (unpaired) electrons. The highest BCUT2D eigenvalue weighted by Crippen LogP contribution is 2.15. The molecule has 3 N–H and O–H groups in total. The lowest BCUT2D eigenvalue weighted by Gasteiger charge is -2.13. The zero-order valence-electron chi connectivity index (χ0n) is 10.1. The Bertz CT molecular complexity index is 540. The summed E-state index contributed by atoms with van der Waals surface area (Å²) in [5.41, 5.74) is 8.15. The zero-order chi connectivity index (χ0) is 13.0. The molecule has 2 rings (SSSR count). The highest BCUT2D eigenvalue weighted by molar-refractivity contribution is 5.95. The van der Waals surface area contributed by atoms with E-state index in [-0.39, 0.29) is 5.91 Å². The van der Waals surface area contributed by atoms with Crippen LogP contribution in [0.25, 0.3) is 0 Å². The summed E-state index contributed by atoms with van der Waals surface area (Å²) in [5, 5.41) is 2.78. The Labute approximate surface area is 106 Å². The van der Waals surface area contributed by atoms with E-state index in [2.05, 4.69) is 10.3 Å². The molecule has 0 aliphatic heterocycles. The number of nitrogens with two attached hydrogens (primary N) is 1. The van der Waals surface area contributed by atoms with E-state index >= 15 is 0 Å². The second kappa shape index (κ2) is 5.42. The lowest BCUT2D eigenvalue weighted by Crippen LogP contribution is -2.28. The maximum absolute atomic E-state index is 12.0. The number of carbonyl (C=O) groups excluding carboxylic acids is 1. The lowest BCUT2D eigenvalue weighted by molar-refractivity contribution is -0.117. The van der Waals surface area contributed by atoms with Gasteiger partial charge in [0.05, 0.1) is 11.4 Å². The van der Waals surface area contributed by atoms with Crippen LogP contribution in [0.4, 0.5) is 5.69 Å². The van der Waals surface area contributed by atoms with Crippen LogP contribution in [0.15, 0.2) is 48.7 Å². The molecular formula is C14H15N3O. The van der Waals surface area contributed by atoms with Gasteiger partial charge in [0.25, 0.3) is 0 Å². The standard InChI is InChI=1S/C14H15N3O/c1-10-12(8-5-9-16-10)17-14(18)13(15)11-6-3-2-4-7-11/h2-9,13H,15H2,1H3,(H,17,18)/t13-/m1/s1. The maximum atomic E-state index is 12.0. The lowest BCUT2D eigenvalue weighted by atomic mass is 10.1. The number of hydrogen-bond donors (Lipinski definition) is 2. The predicted molar refractivity (Wildman–Crippen MR) is 71.0 cm³/mol. The third-order valence-electron chi connectivity index (χ3n) is 2.71. The number of nitrogens with zero attached hydrogens (tertiary/aromatic N) is 1. The van der Waals surface area contributed by atoms with Gasteiger partial charge in [-0.2, -0.15) is 0 Å². The van der Waals surface area contributed by atoms with Crippen molar-refractivity contribution in [2.24, 2.45) is 5.73 Å². The SMILES string of the molecule is Cc1ncccc1NC(=O)[C@H](N)c1ccccc1. The second-order valence-electron chi connectivity index (χ2n) is 4.01. The van der Waals surface area contributed by atoms with Crippen molar-refractivity contribution in [1.29, 1.82) is 0 Å². The van der Waals surface area contributed by atoms with Gasteiger partial charge in [-0.15, -0.1) is 0 Å². The molecule has 0 spiro atoms. The number of rotatable bonds is 3. The average Bonchev–Trinajstić information content (AvgIpc) is 2.41. The number of aryl methyl sites for hydroxylation is 1. The maximum Gasteiger partial charge on any atom is 0.245 e. The largest absolute Gasteiger partial charge is 0.323 e. The number of amides is 1. The first-order chi connectivity index (χ1) is 8.68. The third-order valence-corrected chi connectivity index (χ3v) is 2.71. The highest BCUT2D eigenvalue weighted by atomic mass is 16.2. The van der Waals surface area contributed by atoms with Gasteiger partial charge in [0, 0.05) is 6.20 Å². The summed E-state index contributed by atoms with van der Waals surface area (Å²) in [6, 6.07) is 12.2.